The van der Waals surface area contributed by atoms with Crippen molar-refractivity contribution in [1.82, 2.24) is 10.3 Å². The van der Waals surface area contributed by atoms with Gasteiger partial charge in [0.1, 0.15) is 5.75 Å². The molecule has 0 saturated heterocycles. The van der Waals surface area contributed by atoms with Gasteiger partial charge in [-0.25, -0.2) is 4.63 Å². The van der Waals surface area contributed by atoms with Gasteiger partial charge in [-0.2, -0.15) is 0 Å². The fraction of sp³-hybridized carbons (Fsp3) is 0.391. The molecule has 186 valence electrons. The highest BCUT2D eigenvalue weighted by Crippen LogP contribution is 2.32. The zero-order valence-electron chi connectivity index (χ0n) is 19.2. The molecule has 35 heavy (non-hydrogen) atoms. The van der Waals surface area contributed by atoms with Crippen molar-refractivity contribution in [2.75, 3.05) is 24.8 Å². The number of fused-ring (bicyclic) bond motifs is 1. The number of ether oxygens (including phenoxy) is 2. The van der Waals surface area contributed by atoms with E-state index in [-0.39, 0.29) is 30.0 Å². The van der Waals surface area contributed by atoms with Crippen LogP contribution in [0.15, 0.2) is 45.9 Å². The first-order valence-corrected chi connectivity index (χ1v) is 12.1. The third kappa shape index (κ3) is 7.67. The van der Waals surface area contributed by atoms with Crippen LogP contribution in [0.5, 0.6) is 5.75 Å². The maximum atomic E-state index is 12.0. The fourth-order valence-electron chi connectivity index (χ4n) is 3.27. The van der Waals surface area contributed by atoms with Crippen LogP contribution in [0.2, 0.25) is 0 Å². The van der Waals surface area contributed by atoms with E-state index in [2.05, 4.69) is 20.3 Å². The number of unbranched alkanes of at least 4 members (excludes halogenated alkanes) is 3. The lowest BCUT2D eigenvalue weighted by molar-refractivity contribution is -0.383. The number of rotatable bonds is 14. The Hall–Kier alpha value is -3.67. The molecule has 12 heteroatoms. The van der Waals surface area contributed by atoms with E-state index >= 15 is 0 Å². The van der Waals surface area contributed by atoms with Crippen molar-refractivity contribution in [3.8, 4) is 5.75 Å². The molecule has 0 radical (unpaired) electrons. The zero-order chi connectivity index (χ0) is 25.0. The summed E-state index contributed by atoms with van der Waals surface area (Å²) < 4.78 is 15.1. The molecular weight excluding hydrogens is 476 g/mol. The highest BCUT2D eigenvalue weighted by molar-refractivity contribution is 7.99. The second-order valence-corrected chi connectivity index (χ2v) is 8.67. The number of benzene rings is 2. The summed E-state index contributed by atoms with van der Waals surface area (Å²) in [5.74, 6) is 0.675. The average Bonchev–Trinajstić information content (AvgIpc) is 3.34. The van der Waals surface area contributed by atoms with Crippen molar-refractivity contribution in [2.45, 2.75) is 43.4 Å². The van der Waals surface area contributed by atoms with E-state index in [1.165, 1.54) is 24.9 Å². The van der Waals surface area contributed by atoms with E-state index in [0.717, 1.165) is 36.3 Å². The minimum atomic E-state index is -0.509. The molecule has 0 spiro atoms. The Bertz CT molecular complexity index is 1170. The fourth-order valence-corrected chi connectivity index (χ4v) is 4.27. The number of amides is 1. The molecule has 0 unspecified atom stereocenters. The van der Waals surface area contributed by atoms with Crippen LogP contribution < -0.4 is 10.1 Å². The minimum Gasteiger partial charge on any atom is -0.495 e. The number of hydrogen-bond donors (Lipinski definition) is 1. The number of aromatic nitrogens is 2. The second kappa shape index (κ2) is 13.3. The number of carbonyl (C=O) groups excluding carboxylic acids is 2. The van der Waals surface area contributed by atoms with Crippen molar-refractivity contribution >= 4 is 46.0 Å². The minimum absolute atomic E-state index is 0.0121. The first-order valence-electron chi connectivity index (χ1n) is 11.1. The number of nitrogens with one attached hydrogen (secondary N) is 1. The number of carbonyl (C=O) groups is 2. The largest absolute Gasteiger partial charge is 0.495 e. The van der Waals surface area contributed by atoms with Gasteiger partial charge in [0.05, 0.1) is 30.7 Å². The van der Waals surface area contributed by atoms with Crippen LogP contribution in [-0.2, 0) is 14.3 Å². The summed E-state index contributed by atoms with van der Waals surface area (Å²) >= 11 is 1.54. The van der Waals surface area contributed by atoms with Crippen LogP contribution in [-0.4, -0.2) is 46.6 Å². The lowest BCUT2D eigenvalue weighted by Crippen LogP contribution is -2.15. The van der Waals surface area contributed by atoms with Crippen LogP contribution in [0.1, 0.15) is 38.5 Å². The lowest BCUT2D eigenvalue weighted by atomic mass is 10.2. The number of nitrogens with zero attached hydrogens (tertiary/aromatic N) is 3. The van der Waals surface area contributed by atoms with E-state index in [0.29, 0.717) is 23.6 Å². The van der Waals surface area contributed by atoms with Gasteiger partial charge in [-0.3, -0.25) is 19.7 Å². The van der Waals surface area contributed by atoms with Crippen molar-refractivity contribution < 1.29 is 28.6 Å². The summed E-state index contributed by atoms with van der Waals surface area (Å²) in [6.45, 7) is 0.313. The molecule has 0 fully saturated rings. The molecule has 0 aliphatic rings. The molecule has 1 amide bonds. The monoisotopic (exact) mass is 502 g/mol. The summed E-state index contributed by atoms with van der Waals surface area (Å²) in [6.07, 6.45) is 3.54. The molecule has 11 nitrogen and oxygen atoms in total. The Morgan fingerprint density at radius 3 is 2.63 bits per heavy atom. The van der Waals surface area contributed by atoms with Crippen molar-refractivity contribution in [3.63, 3.8) is 0 Å². The Labute approximate surface area is 205 Å². The maximum Gasteiger partial charge on any atom is 0.306 e. The molecule has 0 atom stereocenters. The van der Waals surface area contributed by atoms with Crippen LogP contribution >= 0.6 is 11.8 Å². The standard InChI is InChI=1S/C23H26N4O7S/c1-32-18-9-5-4-8-16(18)24-20(28)12-13-21(29)33-14-6-2-3-7-15-35-19-11-10-17(27(30)31)22-23(19)26-34-25-22/h4-5,8-11H,2-3,6-7,12-15H2,1H3,(H,24,28). The van der Waals surface area contributed by atoms with Gasteiger partial charge in [-0.05, 0) is 47.1 Å². The van der Waals surface area contributed by atoms with E-state index in [1.807, 2.05) is 0 Å². The Balaban J connectivity index is 1.25. The van der Waals surface area contributed by atoms with Gasteiger partial charge in [0.25, 0.3) is 0 Å². The summed E-state index contributed by atoms with van der Waals surface area (Å²) in [7, 11) is 1.52. The molecule has 0 aliphatic heterocycles. The highest BCUT2D eigenvalue weighted by atomic mass is 32.2. The summed E-state index contributed by atoms with van der Waals surface area (Å²) in [6, 6.07) is 10.1. The molecule has 0 saturated carbocycles. The van der Waals surface area contributed by atoms with Gasteiger partial charge in [-0.1, -0.05) is 25.0 Å². The summed E-state index contributed by atoms with van der Waals surface area (Å²) in [4.78, 5) is 35.2. The predicted molar refractivity (Wildman–Crippen MR) is 129 cm³/mol. The van der Waals surface area contributed by atoms with E-state index in [4.69, 9.17) is 9.47 Å². The number of nitro groups is 1. The van der Waals surface area contributed by atoms with Gasteiger partial charge < -0.3 is 14.8 Å². The van der Waals surface area contributed by atoms with Crippen molar-refractivity contribution in [2.24, 2.45) is 0 Å². The molecule has 1 aromatic heterocycles. The quantitative estimate of drug-likeness (QED) is 0.108. The number of nitro benzene ring substituents is 1. The van der Waals surface area contributed by atoms with E-state index in [9.17, 15) is 19.7 Å². The second-order valence-electron chi connectivity index (χ2n) is 7.53. The lowest BCUT2D eigenvalue weighted by Gasteiger charge is -2.09. The van der Waals surface area contributed by atoms with E-state index in [1.54, 1.807) is 30.3 Å². The summed E-state index contributed by atoms with van der Waals surface area (Å²) in [5.41, 5.74) is 0.978. The zero-order valence-corrected chi connectivity index (χ0v) is 20.0. The van der Waals surface area contributed by atoms with Gasteiger partial charge in [0.15, 0.2) is 5.52 Å². The average molecular weight is 503 g/mol. The number of thioether (sulfide) groups is 1. The smallest absolute Gasteiger partial charge is 0.306 e. The number of non-ortho nitro benzene ring substituents is 1. The Kier molecular flexibility index (Phi) is 9.84. The normalized spacial score (nSPS) is 10.8. The molecule has 2 aromatic carbocycles. The predicted octanol–water partition coefficient (Wildman–Crippen LogP) is 4.75. The number of para-hydroxylation sites is 2. The number of anilines is 1. The van der Waals surface area contributed by atoms with Crippen LogP contribution in [0.3, 0.4) is 0 Å². The number of hydrogen-bond acceptors (Lipinski definition) is 10. The number of esters is 1. The molecular formula is C23H26N4O7S. The number of methoxy groups -OCH3 is 1. The third-order valence-corrected chi connectivity index (χ3v) is 6.18. The third-order valence-electron chi connectivity index (χ3n) is 5.05. The van der Waals surface area contributed by atoms with Crippen molar-refractivity contribution in [3.05, 3.63) is 46.5 Å². The van der Waals surface area contributed by atoms with E-state index < -0.39 is 10.9 Å². The maximum absolute atomic E-state index is 12.0. The highest BCUT2D eigenvalue weighted by Gasteiger charge is 2.19. The topological polar surface area (TPSA) is 147 Å². The molecule has 3 rings (SSSR count). The van der Waals surface area contributed by atoms with Crippen molar-refractivity contribution in [1.29, 1.82) is 0 Å². The van der Waals surface area contributed by atoms with Gasteiger partial charge in [0.2, 0.25) is 11.4 Å². The van der Waals surface area contributed by atoms with Gasteiger partial charge in [0, 0.05) is 17.4 Å². The first-order chi connectivity index (χ1) is 17.0. The molecule has 0 aliphatic carbocycles. The van der Waals surface area contributed by atoms with Gasteiger partial charge >= 0.3 is 11.7 Å². The summed E-state index contributed by atoms with van der Waals surface area (Å²) in [5, 5.41) is 21.2. The van der Waals surface area contributed by atoms with Crippen LogP contribution in [0.25, 0.3) is 11.0 Å². The van der Waals surface area contributed by atoms with Crippen LogP contribution in [0, 0.1) is 10.1 Å². The molecule has 0 bridgehead atoms. The molecule has 3 aromatic rings. The first kappa shape index (κ1) is 25.9. The Morgan fingerprint density at radius 2 is 1.83 bits per heavy atom. The molecule has 1 heterocycles. The Morgan fingerprint density at radius 1 is 1.06 bits per heavy atom. The van der Waals surface area contributed by atoms with Gasteiger partial charge in [-0.15, -0.1) is 11.8 Å². The van der Waals surface area contributed by atoms with Crippen LogP contribution in [0.4, 0.5) is 11.4 Å². The molecule has 1 N–H and O–H groups in total. The SMILES string of the molecule is COc1ccccc1NC(=O)CCC(=O)OCCCCCCSc1ccc([N+](=O)[O-])c2nonc12.